The van der Waals surface area contributed by atoms with Crippen molar-refractivity contribution < 1.29 is 22.6 Å². The summed E-state index contributed by atoms with van der Waals surface area (Å²) in [7, 11) is 1.04. The first-order valence-corrected chi connectivity index (χ1v) is 11.9. The molecule has 6 nitrogen and oxygen atoms in total. The molecule has 0 saturated carbocycles. The monoisotopic (exact) mass is 437 g/mol. The zero-order valence-corrected chi connectivity index (χ0v) is 19.0. The highest BCUT2D eigenvalue weighted by Crippen LogP contribution is 2.51. The van der Waals surface area contributed by atoms with Gasteiger partial charge in [-0.2, -0.15) is 4.31 Å². The third kappa shape index (κ3) is 3.93. The molecule has 0 amide bonds. The van der Waals surface area contributed by atoms with Gasteiger partial charge in [0.1, 0.15) is 0 Å². The Labute approximate surface area is 177 Å². The second-order valence-electron chi connectivity index (χ2n) is 6.70. The van der Waals surface area contributed by atoms with Gasteiger partial charge in [0.05, 0.1) is 31.6 Å². The van der Waals surface area contributed by atoms with Gasteiger partial charge in [0.15, 0.2) is 11.5 Å². The number of hydrogen-bond acceptors (Lipinski definition) is 6. The first kappa shape index (κ1) is 21.8. The van der Waals surface area contributed by atoms with Crippen LogP contribution in [0.3, 0.4) is 0 Å². The van der Waals surface area contributed by atoms with E-state index in [1.165, 1.54) is 0 Å². The Morgan fingerprint density at radius 3 is 2.28 bits per heavy atom. The molecule has 1 aliphatic rings. The molecule has 0 bridgehead atoms. The Balaban J connectivity index is 2.17. The topological polar surface area (TPSA) is 65.1 Å². The third-order valence-electron chi connectivity index (χ3n) is 5.02. The van der Waals surface area contributed by atoms with Gasteiger partial charge in [-0.15, -0.1) is 11.8 Å². The summed E-state index contributed by atoms with van der Waals surface area (Å²) in [5.41, 5.74) is 2.87. The number of methoxy groups -OCH3 is 3. The maximum atomic E-state index is 13.5. The van der Waals surface area contributed by atoms with Crippen molar-refractivity contribution in [2.75, 3.05) is 33.6 Å². The summed E-state index contributed by atoms with van der Waals surface area (Å²) in [6, 6.07) is 8.90. The zero-order chi connectivity index (χ0) is 21.2. The molecule has 0 aliphatic carbocycles. The Kier molecular flexibility index (Phi) is 6.65. The summed E-state index contributed by atoms with van der Waals surface area (Å²) >= 11 is 1.56. The van der Waals surface area contributed by atoms with Gasteiger partial charge in [0.25, 0.3) is 0 Å². The highest BCUT2D eigenvalue weighted by molar-refractivity contribution is 8.00. The van der Waals surface area contributed by atoms with E-state index < -0.39 is 15.4 Å². The predicted molar refractivity (Wildman–Crippen MR) is 116 cm³/mol. The van der Waals surface area contributed by atoms with Gasteiger partial charge in [-0.3, -0.25) is 0 Å². The first-order chi connectivity index (χ1) is 13.9. The van der Waals surface area contributed by atoms with Crippen molar-refractivity contribution >= 4 is 21.8 Å². The molecule has 2 aromatic rings. The largest absolute Gasteiger partial charge is 0.493 e. The van der Waals surface area contributed by atoms with Crippen LogP contribution in [-0.4, -0.2) is 46.4 Å². The van der Waals surface area contributed by atoms with Crippen LogP contribution < -0.4 is 14.2 Å². The summed E-state index contributed by atoms with van der Waals surface area (Å²) in [6.07, 6.45) is 0.567. The van der Waals surface area contributed by atoms with Crippen LogP contribution in [-0.2, 0) is 16.4 Å². The average molecular weight is 438 g/mol. The van der Waals surface area contributed by atoms with Gasteiger partial charge in [-0.25, -0.2) is 8.42 Å². The van der Waals surface area contributed by atoms with E-state index in [2.05, 4.69) is 0 Å². The Morgan fingerprint density at radius 2 is 1.72 bits per heavy atom. The number of hydrogen-bond donors (Lipinski definition) is 0. The Morgan fingerprint density at radius 1 is 1.07 bits per heavy atom. The minimum absolute atomic E-state index is 0.299. The number of ether oxygens (including phenoxy) is 3. The SMILES string of the molecule is CCSC1c2c(cc(OC)c(OC)c2OC)CCN1S(=O)(=O)c1ccc(C)cc1. The standard InChI is InChI=1S/C21H27NO5S2/c1-6-28-21-18-15(13-17(25-3)19(26-4)20(18)27-5)11-12-22(21)29(23,24)16-9-7-14(2)8-10-16/h7-10,13,21H,6,11-12H2,1-5H3. The fourth-order valence-electron chi connectivity index (χ4n) is 3.61. The average Bonchev–Trinajstić information content (AvgIpc) is 2.72. The van der Waals surface area contributed by atoms with Crippen LogP contribution in [0.4, 0.5) is 0 Å². The molecule has 0 N–H and O–H groups in total. The van der Waals surface area contributed by atoms with Crippen molar-refractivity contribution in [2.45, 2.75) is 30.5 Å². The summed E-state index contributed by atoms with van der Waals surface area (Å²) in [5, 5.41) is -0.412. The molecular formula is C21H27NO5S2. The van der Waals surface area contributed by atoms with Gasteiger partial charge in [0.2, 0.25) is 15.8 Å². The fraction of sp³-hybridized carbons (Fsp3) is 0.429. The quantitative estimate of drug-likeness (QED) is 0.652. The van der Waals surface area contributed by atoms with E-state index in [9.17, 15) is 8.42 Å². The highest BCUT2D eigenvalue weighted by Gasteiger charge is 2.40. The highest BCUT2D eigenvalue weighted by atomic mass is 32.2. The Hall–Kier alpha value is -1.90. The molecule has 1 heterocycles. The normalized spacial score (nSPS) is 16.9. The lowest BCUT2D eigenvalue weighted by atomic mass is 9.98. The van der Waals surface area contributed by atoms with Gasteiger partial charge in [-0.05, 0) is 42.9 Å². The second-order valence-corrected chi connectivity index (χ2v) is 9.95. The van der Waals surface area contributed by atoms with Crippen molar-refractivity contribution in [1.29, 1.82) is 0 Å². The van der Waals surface area contributed by atoms with Crippen molar-refractivity contribution in [3.63, 3.8) is 0 Å². The number of aryl methyl sites for hydroxylation is 1. The molecule has 1 unspecified atom stereocenters. The van der Waals surface area contributed by atoms with E-state index in [1.54, 1.807) is 49.5 Å². The molecule has 158 valence electrons. The molecule has 0 spiro atoms. The Bertz CT molecular complexity index is 974. The van der Waals surface area contributed by atoms with Crippen LogP contribution >= 0.6 is 11.8 Å². The van der Waals surface area contributed by atoms with Crippen LogP contribution in [0.2, 0.25) is 0 Å². The molecule has 0 radical (unpaired) electrons. The lowest BCUT2D eigenvalue weighted by Gasteiger charge is -2.37. The van der Waals surface area contributed by atoms with Gasteiger partial charge in [-0.1, -0.05) is 24.6 Å². The lowest BCUT2D eigenvalue weighted by molar-refractivity contribution is 0.310. The van der Waals surface area contributed by atoms with Crippen molar-refractivity contribution in [1.82, 2.24) is 4.31 Å². The number of sulfonamides is 1. The number of nitrogens with zero attached hydrogens (tertiary/aromatic N) is 1. The van der Waals surface area contributed by atoms with Crippen LogP contribution in [0.1, 0.15) is 29.0 Å². The van der Waals surface area contributed by atoms with Gasteiger partial charge in [0, 0.05) is 12.1 Å². The first-order valence-electron chi connectivity index (χ1n) is 9.40. The summed E-state index contributed by atoms with van der Waals surface area (Å²) in [5.74, 6) is 2.33. The molecule has 0 fully saturated rings. The smallest absolute Gasteiger partial charge is 0.244 e. The molecule has 2 aromatic carbocycles. The van der Waals surface area contributed by atoms with Crippen molar-refractivity contribution in [2.24, 2.45) is 0 Å². The van der Waals surface area contributed by atoms with E-state index in [1.807, 2.05) is 32.0 Å². The number of benzene rings is 2. The minimum Gasteiger partial charge on any atom is -0.493 e. The van der Waals surface area contributed by atoms with Crippen molar-refractivity contribution in [3.8, 4) is 17.2 Å². The second kappa shape index (κ2) is 8.85. The van der Waals surface area contributed by atoms with Crippen LogP contribution in [0.15, 0.2) is 35.2 Å². The summed E-state index contributed by atoms with van der Waals surface area (Å²) in [6.45, 7) is 4.34. The zero-order valence-electron chi connectivity index (χ0n) is 17.4. The molecule has 8 heteroatoms. The molecule has 1 atom stereocenters. The van der Waals surface area contributed by atoms with E-state index >= 15 is 0 Å². The molecule has 29 heavy (non-hydrogen) atoms. The minimum atomic E-state index is -3.67. The summed E-state index contributed by atoms with van der Waals surface area (Å²) < 4.78 is 45.3. The third-order valence-corrected chi connectivity index (χ3v) is 8.17. The van der Waals surface area contributed by atoms with Crippen LogP contribution in [0, 0.1) is 6.92 Å². The van der Waals surface area contributed by atoms with Gasteiger partial charge >= 0.3 is 0 Å². The number of fused-ring (bicyclic) bond motifs is 1. The maximum absolute atomic E-state index is 13.5. The molecule has 0 aromatic heterocycles. The maximum Gasteiger partial charge on any atom is 0.244 e. The molecule has 1 aliphatic heterocycles. The number of rotatable bonds is 7. The van der Waals surface area contributed by atoms with Crippen LogP contribution in [0.25, 0.3) is 0 Å². The van der Waals surface area contributed by atoms with Crippen molar-refractivity contribution in [3.05, 3.63) is 47.0 Å². The van der Waals surface area contributed by atoms with E-state index in [0.717, 1.165) is 22.4 Å². The predicted octanol–water partition coefficient (Wildman–Crippen LogP) is 4.02. The molecular weight excluding hydrogens is 410 g/mol. The molecule has 0 saturated heterocycles. The van der Waals surface area contributed by atoms with Gasteiger partial charge < -0.3 is 14.2 Å². The lowest BCUT2D eigenvalue weighted by Crippen LogP contribution is -2.39. The molecule has 3 rings (SSSR count). The van der Waals surface area contributed by atoms with E-state index in [-0.39, 0.29) is 0 Å². The van der Waals surface area contributed by atoms with Crippen LogP contribution in [0.5, 0.6) is 17.2 Å². The fourth-order valence-corrected chi connectivity index (χ4v) is 6.59. The van der Waals surface area contributed by atoms with E-state index in [0.29, 0.717) is 35.1 Å². The van der Waals surface area contributed by atoms with E-state index in [4.69, 9.17) is 14.2 Å². The summed E-state index contributed by atoms with van der Waals surface area (Å²) in [4.78, 5) is 0.299. The number of thioether (sulfide) groups is 1.